The van der Waals surface area contributed by atoms with Crippen molar-refractivity contribution in [3.63, 3.8) is 0 Å². The van der Waals surface area contributed by atoms with Crippen molar-refractivity contribution < 1.29 is 9.53 Å². The van der Waals surface area contributed by atoms with Crippen molar-refractivity contribution in [2.24, 2.45) is 5.92 Å². The Morgan fingerprint density at radius 3 is 2.57 bits per heavy atom. The lowest BCUT2D eigenvalue weighted by atomic mass is 9.93. The van der Waals surface area contributed by atoms with Crippen LogP contribution in [0.1, 0.15) is 61.1 Å². The molecule has 0 fully saturated rings. The number of carbonyl (C=O) groups excluding carboxylic acids is 1. The maximum atomic E-state index is 11.3. The van der Waals surface area contributed by atoms with Crippen molar-refractivity contribution in [3.8, 4) is 0 Å². The van der Waals surface area contributed by atoms with Gasteiger partial charge in [-0.05, 0) is 56.2 Å². The first-order valence-electron chi connectivity index (χ1n) is 12.1. The Hall–Kier alpha value is -3.03. The number of nitrogens with two attached hydrogens (primary N) is 1. The fourth-order valence-corrected chi connectivity index (χ4v) is 4.00. The van der Waals surface area contributed by atoms with Crippen LogP contribution in [0.2, 0.25) is 0 Å². The van der Waals surface area contributed by atoms with Crippen molar-refractivity contribution in [1.82, 2.24) is 10.3 Å². The molecule has 7 heteroatoms. The van der Waals surface area contributed by atoms with E-state index in [4.69, 9.17) is 15.9 Å². The maximum Gasteiger partial charge on any atom is 0.150 e. The molecule has 0 radical (unpaired) electrons. The summed E-state index contributed by atoms with van der Waals surface area (Å²) in [6, 6.07) is 3.38. The minimum absolute atomic E-state index is 0.121. The van der Waals surface area contributed by atoms with E-state index in [-0.39, 0.29) is 17.7 Å². The number of nitrogens with zero attached hydrogens (tertiary/aromatic N) is 1. The van der Waals surface area contributed by atoms with Crippen molar-refractivity contribution in [2.45, 2.75) is 53.6 Å². The van der Waals surface area contributed by atoms with Gasteiger partial charge in [-0.2, -0.15) is 0 Å². The number of carbonyl (C=O) groups is 1. The van der Waals surface area contributed by atoms with E-state index in [2.05, 4.69) is 10.3 Å². The van der Waals surface area contributed by atoms with Crippen LogP contribution in [0, 0.1) is 11.3 Å². The molecular formula is C28H40N4O2S. The molecular weight excluding hydrogens is 456 g/mol. The zero-order valence-corrected chi connectivity index (χ0v) is 22.6. The smallest absolute Gasteiger partial charge is 0.150 e. The molecule has 0 bridgehead atoms. The topological polar surface area (TPSA) is 101 Å². The van der Waals surface area contributed by atoms with Gasteiger partial charge < -0.3 is 15.8 Å². The molecule has 6 nitrogen and oxygen atoms in total. The summed E-state index contributed by atoms with van der Waals surface area (Å²) in [5, 5.41) is 15.0. The van der Waals surface area contributed by atoms with Crippen LogP contribution >= 0.6 is 11.3 Å². The Kier molecular flexibility index (Phi) is 14.2. The Bertz CT molecular complexity index is 1010. The van der Waals surface area contributed by atoms with E-state index in [9.17, 15) is 4.79 Å². The molecule has 4 N–H and O–H groups in total. The van der Waals surface area contributed by atoms with Gasteiger partial charge in [-0.3, -0.25) is 10.2 Å². The summed E-state index contributed by atoms with van der Waals surface area (Å²) >= 11 is 1.71. The first-order chi connectivity index (χ1) is 16.9. The number of benzene rings is 1. The van der Waals surface area contributed by atoms with Crippen LogP contribution in [0.4, 0.5) is 5.69 Å². The minimum Gasteiger partial charge on any atom is -0.485 e. The van der Waals surface area contributed by atoms with Gasteiger partial charge in [-0.25, -0.2) is 4.98 Å². The molecule has 1 aliphatic heterocycles. The van der Waals surface area contributed by atoms with E-state index in [1.807, 2.05) is 83.6 Å². The lowest BCUT2D eigenvalue weighted by Gasteiger charge is -2.20. The van der Waals surface area contributed by atoms with Crippen molar-refractivity contribution in [2.75, 3.05) is 19.3 Å². The molecule has 3 rings (SSSR count). The average molecular weight is 497 g/mol. The van der Waals surface area contributed by atoms with Crippen molar-refractivity contribution in [3.05, 3.63) is 81.5 Å². The van der Waals surface area contributed by atoms with Crippen LogP contribution in [0.25, 0.3) is 0 Å². The summed E-state index contributed by atoms with van der Waals surface area (Å²) in [4.78, 5) is 15.5. The lowest BCUT2D eigenvalue weighted by molar-refractivity contribution is 0.112. The summed E-state index contributed by atoms with van der Waals surface area (Å²) in [5.74, 6) is 0.603. The fourth-order valence-electron chi connectivity index (χ4n) is 3.38. The number of ether oxygens (including phenoxy) is 1. The van der Waals surface area contributed by atoms with Gasteiger partial charge in [0, 0.05) is 41.4 Å². The number of anilines is 1. The minimum atomic E-state index is -0.160. The number of hydrogen-bond acceptors (Lipinski definition) is 7. The standard InChI is InChI=1S/C20H24N2O2.C6H10N2S.C2H6/c1-4-16-15(12-23)9-10-17(21)19(16)20(22)18-11-13(2)7-5-6-8-14(3)24-18;1-7-3-2-6-8-4-5-9-6;1-2/h5-14,22H,4,21H2,1-3H3;4-5,7H,2-3H2,1H3;1-2H3/b7-5-,8-6-,18-11-,22-20?;;. The quantitative estimate of drug-likeness (QED) is 0.248. The first-order valence-corrected chi connectivity index (χ1v) is 13.0. The second-order valence-corrected chi connectivity index (χ2v) is 8.69. The predicted molar refractivity (Wildman–Crippen MR) is 150 cm³/mol. The molecule has 1 aromatic carbocycles. The molecule has 0 spiro atoms. The average Bonchev–Trinajstić information content (AvgIpc) is 3.41. The number of nitrogens with one attached hydrogen (secondary N) is 2. The molecule has 2 unspecified atom stereocenters. The van der Waals surface area contributed by atoms with Crippen LogP contribution < -0.4 is 11.1 Å². The first kappa shape index (κ1) is 30.0. The third kappa shape index (κ3) is 9.62. The molecule has 0 saturated carbocycles. The SMILES string of the molecule is CC.CCc1c(C=O)ccc(N)c1C(=N)/C1=C/C(C)/C=C\C=C/C(C)O1.CNCCc1nccs1. The summed E-state index contributed by atoms with van der Waals surface area (Å²) < 4.78 is 5.95. The number of aldehydes is 1. The number of aromatic nitrogens is 1. The maximum absolute atomic E-state index is 11.3. The van der Waals surface area contributed by atoms with Crippen LogP contribution in [0.3, 0.4) is 0 Å². The summed E-state index contributed by atoms with van der Waals surface area (Å²) in [6.07, 6.45) is 14.0. The van der Waals surface area contributed by atoms with Crippen molar-refractivity contribution >= 4 is 29.0 Å². The van der Waals surface area contributed by atoms with E-state index < -0.39 is 0 Å². The Labute approximate surface area is 214 Å². The summed E-state index contributed by atoms with van der Waals surface area (Å²) in [6.45, 7) is 10.9. The van der Waals surface area contributed by atoms with Gasteiger partial charge >= 0.3 is 0 Å². The molecule has 190 valence electrons. The van der Waals surface area contributed by atoms with E-state index in [1.54, 1.807) is 23.5 Å². The molecule has 1 aromatic heterocycles. The number of nitrogen functional groups attached to an aromatic ring is 1. The van der Waals surface area contributed by atoms with Gasteiger partial charge in [0.05, 0.1) is 5.01 Å². The monoisotopic (exact) mass is 496 g/mol. The van der Waals surface area contributed by atoms with E-state index >= 15 is 0 Å². The summed E-state index contributed by atoms with van der Waals surface area (Å²) in [5.41, 5.74) is 8.77. The molecule has 0 amide bonds. The number of allylic oxidation sites excluding steroid dienone is 5. The van der Waals surface area contributed by atoms with Crippen LogP contribution in [-0.4, -0.2) is 36.7 Å². The highest BCUT2D eigenvalue weighted by Gasteiger charge is 2.20. The third-order valence-electron chi connectivity index (χ3n) is 5.07. The molecule has 35 heavy (non-hydrogen) atoms. The number of rotatable bonds is 7. The third-order valence-corrected chi connectivity index (χ3v) is 5.91. The van der Waals surface area contributed by atoms with Crippen LogP contribution in [0.5, 0.6) is 0 Å². The van der Waals surface area contributed by atoms with E-state index in [0.29, 0.717) is 29.0 Å². The Balaban J connectivity index is 0.000000464. The predicted octanol–water partition coefficient (Wildman–Crippen LogP) is 5.99. The highest BCUT2D eigenvalue weighted by molar-refractivity contribution is 7.09. The van der Waals surface area contributed by atoms with Gasteiger partial charge in [0.1, 0.15) is 23.9 Å². The van der Waals surface area contributed by atoms with Gasteiger partial charge in [-0.15, -0.1) is 11.3 Å². The summed E-state index contributed by atoms with van der Waals surface area (Å²) in [7, 11) is 1.95. The second kappa shape index (κ2) is 16.6. The lowest BCUT2D eigenvalue weighted by Crippen LogP contribution is -2.17. The zero-order valence-electron chi connectivity index (χ0n) is 21.8. The van der Waals surface area contributed by atoms with E-state index in [1.165, 1.54) is 5.01 Å². The molecule has 0 saturated heterocycles. The van der Waals surface area contributed by atoms with Crippen LogP contribution in [0.15, 0.2) is 59.8 Å². The van der Waals surface area contributed by atoms with Gasteiger partial charge in [0.25, 0.3) is 0 Å². The fraction of sp³-hybridized carbons (Fsp3) is 0.393. The van der Waals surface area contributed by atoms with Crippen molar-refractivity contribution in [1.29, 1.82) is 5.41 Å². The number of thiazole rings is 1. The molecule has 2 heterocycles. The zero-order chi connectivity index (χ0) is 26.2. The van der Waals surface area contributed by atoms with Gasteiger partial charge in [0.2, 0.25) is 0 Å². The molecule has 2 atom stereocenters. The Morgan fingerprint density at radius 1 is 1.26 bits per heavy atom. The number of hydrogen-bond donors (Lipinski definition) is 3. The highest BCUT2D eigenvalue weighted by Crippen LogP contribution is 2.26. The largest absolute Gasteiger partial charge is 0.485 e. The van der Waals surface area contributed by atoms with E-state index in [0.717, 1.165) is 24.8 Å². The number of likely N-dealkylation sites (N-methyl/N-ethyl adjacent to an activating group) is 1. The van der Waals surface area contributed by atoms with Gasteiger partial charge in [-0.1, -0.05) is 45.9 Å². The molecule has 2 aromatic rings. The second-order valence-electron chi connectivity index (χ2n) is 7.71. The van der Waals surface area contributed by atoms with Crippen LogP contribution in [-0.2, 0) is 17.6 Å². The highest BCUT2D eigenvalue weighted by atomic mass is 32.1. The molecule has 1 aliphatic rings. The normalized spacial score (nSPS) is 20.0. The molecule has 0 aliphatic carbocycles. The Morgan fingerprint density at radius 2 is 1.97 bits per heavy atom. The van der Waals surface area contributed by atoms with Gasteiger partial charge in [0.15, 0.2) is 0 Å².